The number of ether oxygens (including phenoxy) is 2. The van der Waals surface area contributed by atoms with E-state index >= 15 is 0 Å². The first-order chi connectivity index (χ1) is 11.0. The third-order valence-corrected chi connectivity index (χ3v) is 4.99. The minimum Gasteiger partial charge on any atom is -0.496 e. The summed E-state index contributed by atoms with van der Waals surface area (Å²) in [5, 5.41) is 0. The first-order valence-electron chi connectivity index (χ1n) is 7.30. The summed E-state index contributed by atoms with van der Waals surface area (Å²) in [6.07, 6.45) is 0.749. The molecule has 23 heavy (non-hydrogen) atoms. The Kier molecular flexibility index (Phi) is 5.63. The quantitative estimate of drug-likeness (QED) is 0.845. The highest BCUT2D eigenvalue weighted by Gasteiger charge is 2.20. The van der Waals surface area contributed by atoms with E-state index in [1.807, 2.05) is 31.2 Å². The topological polar surface area (TPSA) is 64.6 Å². The smallest absolute Gasteiger partial charge is 0.244 e. The molecule has 0 radical (unpaired) electrons. The number of hydrogen-bond acceptors (Lipinski definition) is 4. The number of benzene rings is 2. The van der Waals surface area contributed by atoms with Gasteiger partial charge < -0.3 is 9.47 Å². The number of nitrogens with one attached hydrogen (secondary N) is 1. The van der Waals surface area contributed by atoms with Crippen molar-refractivity contribution < 1.29 is 17.9 Å². The SMILES string of the molecule is CCc1ccc(OC)c(S(=O)(=O)NCc2ccccc2OC)c1. The Morgan fingerprint density at radius 2 is 1.70 bits per heavy atom. The molecule has 0 atom stereocenters. The van der Waals surface area contributed by atoms with Crippen LogP contribution in [0.4, 0.5) is 0 Å². The third kappa shape index (κ3) is 4.03. The molecule has 0 spiro atoms. The van der Waals surface area contributed by atoms with Crippen molar-refractivity contribution >= 4 is 10.0 Å². The van der Waals surface area contributed by atoms with Crippen LogP contribution in [0.1, 0.15) is 18.1 Å². The highest BCUT2D eigenvalue weighted by atomic mass is 32.2. The van der Waals surface area contributed by atoms with Crippen LogP contribution in [0.2, 0.25) is 0 Å². The second-order valence-electron chi connectivity index (χ2n) is 4.98. The first-order valence-corrected chi connectivity index (χ1v) is 8.78. The maximum atomic E-state index is 12.6. The maximum absolute atomic E-state index is 12.6. The van der Waals surface area contributed by atoms with Gasteiger partial charge in [0.2, 0.25) is 10.0 Å². The predicted molar refractivity (Wildman–Crippen MR) is 89.4 cm³/mol. The molecule has 0 aliphatic heterocycles. The average molecular weight is 335 g/mol. The second-order valence-corrected chi connectivity index (χ2v) is 6.71. The van der Waals surface area contributed by atoms with E-state index in [0.29, 0.717) is 11.5 Å². The lowest BCUT2D eigenvalue weighted by molar-refractivity contribution is 0.401. The Labute approximate surface area is 137 Å². The molecule has 0 unspecified atom stereocenters. The van der Waals surface area contributed by atoms with Crippen LogP contribution in [-0.2, 0) is 23.0 Å². The molecule has 0 fully saturated rings. The molecule has 0 bridgehead atoms. The largest absolute Gasteiger partial charge is 0.496 e. The van der Waals surface area contributed by atoms with E-state index < -0.39 is 10.0 Å². The lowest BCUT2D eigenvalue weighted by Gasteiger charge is -2.13. The molecule has 2 aromatic carbocycles. The predicted octanol–water partition coefficient (Wildman–Crippen LogP) is 2.74. The van der Waals surface area contributed by atoms with E-state index in [9.17, 15) is 8.42 Å². The van der Waals surface area contributed by atoms with Gasteiger partial charge in [0, 0.05) is 12.1 Å². The van der Waals surface area contributed by atoms with Gasteiger partial charge in [-0.3, -0.25) is 0 Å². The minimum absolute atomic E-state index is 0.145. The first kappa shape index (κ1) is 17.3. The standard InChI is InChI=1S/C17H21NO4S/c1-4-13-9-10-16(22-3)17(11-13)23(19,20)18-12-14-7-5-6-8-15(14)21-2/h5-11,18H,4,12H2,1-3H3. The van der Waals surface area contributed by atoms with Gasteiger partial charge in [0.1, 0.15) is 16.4 Å². The molecule has 2 aromatic rings. The summed E-state index contributed by atoms with van der Waals surface area (Å²) in [5.41, 5.74) is 1.70. The van der Waals surface area contributed by atoms with Crippen molar-refractivity contribution in [3.63, 3.8) is 0 Å². The zero-order chi connectivity index (χ0) is 16.9. The number of aryl methyl sites for hydroxylation is 1. The summed E-state index contributed by atoms with van der Waals surface area (Å²) in [5.74, 6) is 0.971. The van der Waals surface area contributed by atoms with Crippen LogP contribution in [0.3, 0.4) is 0 Å². The van der Waals surface area contributed by atoms with Gasteiger partial charge in [0.25, 0.3) is 0 Å². The molecule has 0 amide bonds. The van der Waals surface area contributed by atoms with E-state index in [4.69, 9.17) is 9.47 Å². The summed E-state index contributed by atoms with van der Waals surface area (Å²) in [4.78, 5) is 0.147. The van der Waals surface area contributed by atoms with Crippen molar-refractivity contribution in [3.05, 3.63) is 53.6 Å². The van der Waals surface area contributed by atoms with Crippen LogP contribution in [-0.4, -0.2) is 22.6 Å². The van der Waals surface area contributed by atoms with Gasteiger partial charge in [-0.1, -0.05) is 31.2 Å². The van der Waals surface area contributed by atoms with Crippen LogP contribution in [0.5, 0.6) is 11.5 Å². The molecular formula is C17H21NO4S. The van der Waals surface area contributed by atoms with Gasteiger partial charge in [-0.05, 0) is 30.2 Å². The average Bonchev–Trinajstić information content (AvgIpc) is 2.59. The maximum Gasteiger partial charge on any atom is 0.244 e. The molecule has 0 saturated heterocycles. The lowest BCUT2D eigenvalue weighted by Crippen LogP contribution is -2.24. The highest BCUT2D eigenvalue weighted by molar-refractivity contribution is 7.89. The summed E-state index contributed by atoms with van der Waals surface area (Å²) >= 11 is 0. The van der Waals surface area contributed by atoms with Crippen LogP contribution < -0.4 is 14.2 Å². The molecule has 0 aliphatic rings. The van der Waals surface area contributed by atoms with Crippen molar-refractivity contribution in [1.82, 2.24) is 4.72 Å². The van der Waals surface area contributed by atoms with E-state index in [-0.39, 0.29) is 11.4 Å². The van der Waals surface area contributed by atoms with E-state index in [1.165, 1.54) is 7.11 Å². The summed E-state index contributed by atoms with van der Waals surface area (Å²) in [7, 11) is -0.674. The molecule has 0 saturated carbocycles. The zero-order valence-electron chi connectivity index (χ0n) is 13.5. The Morgan fingerprint density at radius 3 is 2.35 bits per heavy atom. The monoisotopic (exact) mass is 335 g/mol. The van der Waals surface area contributed by atoms with E-state index in [0.717, 1.165) is 17.5 Å². The van der Waals surface area contributed by atoms with Crippen molar-refractivity contribution in [2.24, 2.45) is 0 Å². The molecule has 5 nitrogen and oxygen atoms in total. The van der Waals surface area contributed by atoms with Crippen LogP contribution >= 0.6 is 0 Å². The van der Waals surface area contributed by atoms with Crippen molar-refractivity contribution in [1.29, 1.82) is 0 Å². The van der Waals surface area contributed by atoms with Crippen molar-refractivity contribution in [3.8, 4) is 11.5 Å². The Bertz CT molecular complexity index is 772. The Hall–Kier alpha value is -2.05. The molecule has 6 heteroatoms. The van der Waals surface area contributed by atoms with E-state index in [2.05, 4.69) is 4.72 Å². The van der Waals surface area contributed by atoms with E-state index in [1.54, 1.807) is 25.3 Å². The summed E-state index contributed by atoms with van der Waals surface area (Å²) < 4.78 is 38.3. The number of rotatable bonds is 7. The van der Waals surface area contributed by atoms with Gasteiger partial charge in [-0.25, -0.2) is 13.1 Å². The number of methoxy groups -OCH3 is 2. The molecule has 124 valence electrons. The normalized spacial score (nSPS) is 11.3. The molecule has 1 N–H and O–H groups in total. The van der Waals surface area contributed by atoms with Gasteiger partial charge >= 0.3 is 0 Å². The fourth-order valence-electron chi connectivity index (χ4n) is 2.25. The van der Waals surface area contributed by atoms with Crippen molar-refractivity contribution in [2.45, 2.75) is 24.8 Å². The molecule has 0 aromatic heterocycles. The summed E-state index contributed by atoms with van der Waals surface area (Å²) in [6, 6.07) is 12.5. The minimum atomic E-state index is -3.69. The van der Waals surface area contributed by atoms with Gasteiger partial charge in [-0.15, -0.1) is 0 Å². The van der Waals surface area contributed by atoms with Gasteiger partial charge in [0.15, 0.2) is 0 Å². The zero-order valence-corrected chi connectivity index (χ0v) is 14.3. The third-order valence-electron chi connectivity index (χ3n) is 3.57. The number of para-hydroxylation sites is 1. The van der Waals surface area contributed by atoms with Gasteiger partial charge in [-0.2, -0.15) is 0 Å². The number of sulfonamides is 1. The molecular weight excluding hydrogens is 314 g/mol. The second kappa shape index (κ2) is 7.48. The van der Waals surface area contributed by atoms with Crippen LogP contribution in [0.25, 0.3) is 0 Å². The fraction of sp³-hybridized carbons (Fsp3) is 0.294. The summed E-state index contributed by atoms with van der Waals surface area (Å²) in [6.45, 7) is 2.12. The lowest BCUT2D eigenvalue weighted by atomic mass is 10.2. The Balaban J connectivity index is 2.28. The molecule has 0 aliphatic carbocycles. The van der Waals surface area contributed by atoms with Gasteiger partial charge in [0.05, 0.1) is 14.2 Å². The van der Waals surface area contributed by atoms with Crippen LogP contribution in [0.15, 0.2) is 47.4 Å². The molecule has 0 heterocycles. The van der Waals surface area contributed by atoms with Crippen LogP contribution in [0, 0.1) is 0 Å². The highest BCUT2D eigenvalue weighted by Crippen LogP contribution is 2.26. The van der Waals surface area contributed by atoms with Crippen molar-refractivity contribution in [2.75, 3.05) is 14.2 Å². The number of hydrogen-bond donors (Lipinski definition) is 1. The fourth-order valence-corrected chi connectivity index (χ4v) is 3.47. The Morgan fingerprint density at radius 1 is 1.00 bits per heavy atom. The molecule has 2 rings (SSSR count).